The molecular weight excluding hydrogens is 395 g/mol. The van der Waals surface area contributed by atoms with Gasteiger partial charge in [0.2, 0.25) is 0 Å². The third-order valence-electron chi connectivity index (χ3n) is 3.13. The van der Waals surface area contributed by atoms with Crippen LogP contribution in [0.15, 0.2) is 17.3 Å². The summed E-state index contributed by atoms with van der Waals surface area (Å²) in [5.41, 5.74) is 1.09. The minimum absolute atomic E-state index is 0. The van der Waals surface area contributed by atoms with Crippen LogP contribution in [0.3, 0.4) is 0 Å². The van der Waals surface area contributed by atoms with Crippen molar-refractivity contribution in [2.24, 2.45) is 12.0 Å². The summed E-state index contributed by atoms with van der Waals surface area (Å²) in [6.07, 6.45) is 1.79. The molecule has 22 heavy (non-hydrogen) atoms. The molecule has 0 fully saturated rings. The van der Waals surface area contributed by atoms with Gasteiger partial charge in [0.15, 0.2) is 5.96 Å². The Balaban J connectivity index is 0.00000441. The van der Waals surface area contributed by atoms with Gasteiger partial charge in [0.05, 0.1) is 18.8 Å². The molecule has 0 aromatic carbocycles. The van der Waals surface area contributed by atoms with E-state index in [0.29, 0.717) is 6.54 Å². The Labute approximate surface area is 150 Å². The number of nitrogens with one attached hydrogen (secondary N) is 2. The quantitative estimate of drug-likeness (QED) is 0.347. The molecule has 0 bridgehead atoms. The van der Waals surface area contributed by atoms with E-state index < -0.39 is 0 Å². The van der Waals surface area contributed by atoms with Crippen LogP contribution >= 0.6 is 24.0 Å². The number of rotatable bonds is 9. The van der Waals surface area contributed by atoms with E-state index in [2.05, 4.69) is 39.6 Å². The first-order valence-corrected chi connectivity index (χ1v) is 7.34. The van der Waals surface area contributed by atoms with Crippen molar-refractivity contribution in [2.75, 3.05) is 46.9 Å². The van der Waals surface area contributed by atoms with Crippen LogP contribution in [-0.2, 0) is 18.3 Å². The fourth-order valence-corrected chi connectivity index (χ4v) is 1.78. The number of aryl methyl sites for hydroxylation is 1. The van der Waals surface area contributed by atoms with Crippen molar-refractivity contribution in [1.82, 2.24) is 25.3 Å². The van der Waals surface area contributed by atoms with Gasteiger partial charge in [-0.1, -0.05) is 0 Å². The maximum Gasteiger partial charge on any atom is 0.191 e. The number of hydrogen-bond acceptors (Lipinski definition) is 4. The highest BCUT2D eigenvalue weighted by Gasteiger charge is 2.01. The highest BCUT2D eigenvalue weighted by molar-refractivity contribution is 14.0. The molecule has 0 spiro atoms. The molecule has 0 amide bonds. The van der Waals surface area contributed by atoms with E-state index in [9.17, 15) is 0 Å². The van der Waals surface area contributed by atoms with Crippen molar-refractivity contribution in [1.29, 1.82) is 0 Å². The molecule has 0 radical (unpaired) electrons. The predicted octanol–water partition coefficient (Wildman–Crippen LogP) is 0.671. The second kappa shape index (κ2) is 12.7. The Kier molecular flexibility index (Phi) is 12.2. The van der Waals surface area contributed by atoms with E-state index in [4.69, 9.17) is 4.74 Å². The zero-order chi connectivity index (χ0) is 15.5. The summed E-state index contributed by atoms with van der Waals surface area (Å²) in [5, 5.41) is 10.7. The third kappa shape index (κ3) is 8.54. The largest absolute Gasteiger partial charge is 0.383 e. The summed E-state index contributed by atoms with van der Waals surface area (Å²) in [6.45, 7) is 7.00. The Bertz CT molecular complexity index is 423. The van der Waals surface area contributed by atoms with E-state index in [1.54, 1.807) is 13.3 Å². The molecule has 1 aromatic rings. The fraction of sp³-hybridized carbons (Fsp3) is 0.714. The zero-order valence-corrected chi connectivity index (χ0v) is 16.3. The highest BCUT2D eigenvalue weighted by Crippen LogP contribution is 1.97. The molecule has 7 nitrogen and oxygen atoms in total. The summed E-state index contributed by atoms with van der Waals surface area (Å²) < 4.78 is 6.90. The molecule has 128 valence electrons. The van der Waals surface area contributed by atoms with Gasteiger partial charge in [-0.2, -0.15) is 5.10 Å². The molecule has 0 saturated heterocycles. The minimum Gasteiger partial charge on any atom is -0.383 e. The van der Waals surface area contributed by atoms with Crippen LogP contribution in [0.25, 0.3) is 0 Å². The Morgan fingerprint density at radius 1 is 1.41 bits per heavy atom. The summed E-state index contributed by atoms with van der Waals surface area (Å²) in [4.78, 5) is 6.79. The second-order valence-corrected chi connectivity index (χ2v) is 4.86. The standard InChI is InChI=1S/C14H28N6O.HI/c1-5-15-14(16-8-9-19(2)10-11-21-4)17-12-13-6-7-18-20(13)3;/h6-7H,5,8-12H2,1-4H3,(H2,15,16,17);1H. The molecule has 0 unspecified atom stereocenters. The zero-order valence-electron chi connectivity index (χ0n) is 14.0. The Hall–Kier alpha value is -0.870. The normalized spacial score (nSPS) is 11.4. The first-order valence-electron chi connectivity index (χ1n) is 7.34. The van der Waals surface area contributed by atoms with E-state index in [1.807, 2.05) is 17.8 Å². The lowest BCUT2D eigenvalue weighted by atomic mass is 10.4. The topological polar surface area (TPSA) is 66.7 Å². The molecule has 1 aromatic heterocycles. The van der Waals surface area contributed by atoms with Crippen LogP contribution in [-0.4, -0.2) is 67.6 Å². The number of guanidine groups is 1. The number of likely N-dealkylation sites (N-methyl/N-ethyl adjacent to an activating group) is 1. The second-order valence-electron chi connectivity index (χ2n) is 4.86. The molecule has 0 aliphatic rings. The van der Waals surface area contributed by atoms with Gasteiger partial charge < -0.3 is 20.3 Å². The smallest absolute Gasteiger partial charge is 0.191 e. The summed E-state index contributed by atoms with van der Waals surface area (Å²) >= 11 is 0. The first kappa shape index (κ1) is 21.1. The SMILES string of the molecule is CCNC(=NCc1ccnn1C)NCCN(C)CCOC.I. The van der Waals surface area contributed by atoms with Crippen LogP contribution in [0.2, 0.25) is 0 Å². The number of nitrogens with zero attached hydrogens (tertiary/aromatic N) is 4. The Morgan fingerprint density at radius 2 is 2.18 bits per heavy atom. The van der Waals surface area contributed by atoms with E-state index >= 15 is 0 Å². The van der Waals surface area contributed by atoms with E-state index in [-0.39, 0.29) is 24.0 Å². The molecule has 1 heterocycles. The van der Waals surface area contributed by atoms with Gasteiger partial charge in [-0.15, -0.1) is 24.0 Å². The molecule has 0 aliphatic carbocycles. The van der Waals surface area contributed by atoms with Crippen LogP contribution in [0.4, 0.5) is 0 Å². The van der Waals surface area contributed by atoms with Gasteiger partial charge in [-0.05, 0) is 20.0 Å². The number of halogens is 1. The number of aromatic nitrogens is 2. The van der Waals surface area contributed by atoms with Crippen molar-refractivity contribution in [3.8, 4) is 0 Å². The number of aliphatic imine (C=N–C) groups is 1. The average Bonchev–Trinajstić information content (AvgIpc) is 2.88. The number of ether oxygens (including phenoxy) is 1. The fourth-order valence-electron chi connectivity index (χ4n) is 1.78. The lowest BCUT2D eigenvalue weighted by molar-refractivity contribution is 0.162. The van der Waals surface area contributed by atoms with Gasteiger partial charge in [0.25, 0.3) is 0 Å². The molecule has 8 heteroatoms. The Morgan fingerprint density at radius 3 is 2.77 bits per heavy atom. The molecule has 0 aliphatic heterocycles. The minimum atomic E-state index is 0. The lowest BCUT2D eigenvalue weighted by Crippen LogP contribution is -2.41. The summed E-state index contributed by atoms with van der Waals surface area (Å²) in [7, 11) is 5.73. The maximum atomic E-state index is 5.06. The lowest BCUT2D eigenvalue weighted by Gasteiger charge is -2.17. The molecule has 1 rings (SSSR count). The molecule has 0 saturated carbocycles. The van der Waals surface area contributed by atoms with Crippen molar-refractivity contribution >= 4 is 29.9 Å². The summed E-state index contributed by atoms with van der Waals surface area (Å²) in [6, 6.07) is 1.98. The van der Waals surface area contributed by atoms with Crippen molar-refractivity contribution in [3.05, 3.63) is 18.0 Å². The number of hydrogen-bond donors (Lipinski definition) is 2. The molecular formula is C14H29IN6O. The van der Waals surface area contributed by atoms with Crippen LogP contribution in [0, 0.1) is 0 Å². The van der Waals surface area contributed by atoms with Gasteiger partial charge in [-0.25, -0.2) is 4.99 Å². The van der Waals surface area contributed by atoms with Crippen molar-refractivity contribution in [3.63, 3.8) is 0 Å². The van der Waals surface area contributed by atoms with Crippen LogP contribution in [0.5, 0.6) is 0 Å². The van der Waals surface area contributed by atoms with Crippen LogP contribution < -0.4 is 10.6 Å². The van der Waals surface area contributed by atoms with Gasteiger partial charge in [0, 0.05) is 46.5 Å². The highest BCUT2D eigenvalue weighted by atomic mass is 127. The van der Waals surface area contributed by atoms with Gasteiger partial charge in [-0.3, -0.25) is 4.68 Å². The predicted molar refractivity (Wildman–Crippen MR) is 101 cm³/mol. The van der Waals surface area contributed by atoms with Gasteiger partial charge in [0.1, 0.15) is 0 Å². The van der Waals surface area contributed by atoms with Gasteiger partial charge >= 0.3 is 0 Å². The summed E-state index contributed by atoms with van der Waals surface area (Å²) in [5.74, 6) is 0.832. The first-order chi connectivity index (χ1) is 10.2. The average molecular weight is 424 g/mol. The van der Waals surface area contributed by atoms with E-state index in [1.165, 1.54) is 0 Å². The maximum absolute atomic E-state index is 5.06. The number of methoxy groups -OCH3 is 1. The third-order valence-corrected chi connectivity index (χ3v) is 3.13. The molecule has 2 N–H and O–H groups in total. The monoisotopic (exact) mass is 424 g/mol. The molecule has 0 atom stereocenters. The van der Waals surface area contributed by atoms with Crippen LogP contribution in [0.1, 0.15) is 12.6 Å². The van der Waals surface area contributed by atoms with Crippen molar-refractivity contribution < 1.29 is 4.74 Å². The van der Waals surface area contributed by atoms with E-state index in [0.717, 1.165) is 44.4 Å². The van der Waals surface area contributed by atoms with Crippen molar-refractivity contribution in [2.45, 2.75) is 13.5 Å².